The van der Waals surface area contributed by atoms with E-state index in [1.54, 1.807) is 43.5 Å². The van der Waals surface area contributed by atoms with Gasteiger partial charge in [-0.3, -0.25) is 4.79 Å². The van der Waals surface area contributed by atoms with Crippen LogP contribution in [0.15, 0.2) is 69.9 Å². The van der Waals surface area contributed by atoms with Crippen molar-refractivity contribution in [2.45, 2.75) is 0 Å². The van der Waals surface area contributed by atoms with Crippen molar-refractivity contribution < 1.29 is 13.5 Å². The molecule has 0 amide bonds. The summed E-state index contributed by atoms with van der Waals surface area (Å²) in [5, 5.41) is 4.29. The number of furan rings is 1. The summed E-state index contributed by atoms with van der Waals surface area (Å²) < 4.78 is 25.8. The summed E-state index contributed by atoms with van der Waals surface area (Å²) in [7, 11) is 1.62. The van der Waals surface area contributed by atoms with Crippen LogP contribution in [-0.4, -0.2) is 21.7 Å². The molecule has 3 heterocycles. The van der Waals surface area contributed by atoms with Gasteiger partial charge in [0.05, 0.1) is 7.11 Å². The summed E-state index contributed by atoms with van der Waals surface area (Å²) in [6, 6.07) is 17.1. The van der Waals surface area contributed by atoms with Gasteiger partial charge in [-0.1, -0.05) is 29.5 Å². The molecule has 0 saturated heterocycles. The first kappa shape index (κ1) is 19.9. The standard InChI is InChI=1S/C24H16FN3O3S/c1-30-18-9-2-15(3-10-18)4-13-22-26-24-28(27-22)23(29)21(32-24)14-19-11-12-20(31-19)16-5-7-17(25)8-6-16/h2-14H,1H3. The Balaban J connectivity index is 1.40. The molecule has 0 saturated carbocycles. The quantitative estimate of drug-likeness (QED) is 0.404. The normalized spacial score (nSPS) is 12.2. The van der Waals surface area contributed by atoms with Gasteiger partial charge in [-0.2, -0.15) is 9.50 Å². The molecule has 158 valence electrons. The Hall–Kier alpha value is -4.04. The van der Waals surface area contributed by atoms with Crippen LogP contribution in [0.5, 0.6) is 5.75 Å². The van der Waals surface area contributed by atoms with Gasteiger partial charge < -0.3 is 9.15 Å². The third-order valence-corrected chi connectivity index (χ3v) is 5.73. The first-order chi connectivity index (χ1) is 15.6. The highest BCUT2D eigenvalue weighted by molar-refractivity contribution is 7.15. The second kappa shape index (κ2) is 8.24. The van der Waals surface area contributed by atoms with E-state index >= 15 is 0 Å². The number of aromatic nitrogens is 3. The molecule has 0 radical (unpaired) electrons. The molecule has 0 aliphatic heterocycles. The highest BCUT2D eigenvalue weighted by atomic mass is 32.1. The fourth-order valence-corrected chi connectivity index (χ4v) is 4.03. The lowest BCUT2D eigenvalue weighted by Gasteiger charge is -1.98. The van der Waals surface area contributed by atoms with E-state index in [-0.39, 0.29) is 11.4 Å². The van der Waals surface area contributed by atoms with Gasteiger partial charge in [0.25, 0.3) is 5.56 Å². The second-order valence-electron chi connectivity index (χ2n) is 6.90. The van der Waals surface area contributed by atoms with Gasteiger partial charge in [-0.25, -0.2) is 4.39 Å². The van der Waals surface area contributed by atoms with Crippen molar-refractivity contribution in [2.75, 3.05) is 7.11 Å². The summed E-state index contributed by atoms with van der Waals surface area (Å²) in [6.07, 6.45) is 5.28. The largest absolute Gasteiger partial charge is 0.497 e. The molecule has 0 bridgehead atoms. The van der Waals surface area contributed by atoms with Crippen LogP contribution >= 0.6 is 11.3 Å². The van der Waals surface area contributed by atoms with E-state index in [1.165, 1.54) is 28.0 Å². The number of hydrogen-bond donors (Lipinski definition) is 0. The van der Waals surface area contributed by atoms with Crippen LogP contribution in [0.3, 0.4) is 0 Å². The summed E-state index contributed by atoms with van der Waals surface area (Å²) in [5.41, 5.74) is 1.46. The highest BCUT2D eigenvalue weighted by Gasteiger charge is 2.10. The smallest absolute Gasteiger partial charge is 0.291 e. The predicted octanol–water partition coefficient (Wildman–Crippen LogP) is 4.28. The fraction of sp³-hybridized carbons (Fsp3) is 0.0417. The average molecular weight is 445 g/mol. The molecule has 0 N–H and O–H groups in total. The number of halogens is 1. The van der Waals surface area contributed by atoms with E-state index in [1.807, 2.05) is 30.3 Å². The molecule has 5 aromatic rings. The predicted molar refractivity (Wildman–Crippen MR) is 122 cm³/mol. The number of rotatable bonds is 5. The maximum atomic E-state index is 13.1. The summed E-state index contributed by atoms with van der Waals surface area (Å²) in [4.78, 5) is 17.6. The Bertz CT molecular complexity index is 1530. The molecule has 2 aromatic carbocycles. The fourth-order valence-electron chi connectivity index (χ4n) is 3.13. The van der Waals surface area contributed by atoms with Gasteiger partial charge in [-0.05, 0) is 60.2 Å². The van der Waals surface area contributed by atoms with Gasteiger partial charge in [0.15, 0.2) is 5.82 Å². The van der Waals surface area contributed by atoms with E-state index in [0.717, 1.165) is 16.9 Å². The Kier molecular flexibility index (Phi) is 5.12. The zero-order valence-electron chi connectivity index (χ0n) is 16.9. The van der Waals surface area contributed by atoms with Crippen LogP contribution in [-0.2, 0) is 0 Å². The summed E-state index contributed by atoms with van der Waals surface area (Å²) in [5.74, 6) is 2.03. The number of ether oxygens (including phenoxy) is 1. The van der Waals surface area contributed by atoms with E-state index in [2.05, 4.69) is 10.1 Å². The van der Waals surface area contributed by atoms with E-state index in [4.69, 9.17) is 9.15 Å². The number of hydrogen-bond acceptors (Lipinski definition) is 6. The van der Waals surface area contributed by atoms with Gasteiger partial charge in [0.2, 0.25) is 4.96 Å². The Morgan fingerprint density at radius 3 is 2.53 bits per heavy atom. The highest BCUT2D eigenvalue weighted by Crippen LogP contribution is 2.22. The molecular formula is C24H16FN3O3S. The molecule has 3 aromatic heterocycles. The average Bonchev–Trinajstić information content (AvgIpc) is 3.51. The molecule has 0 aliphatic rings. The zero-order chi connectivity index (χ0) is 22.1. The van der Waals surface area contributed by atoms with E-state index in [0.29, 0.717) is 26.8 Å². The molecule has 8 heteroatoms. The molecular weight excluding hydrogens is 429 g/mol. The van der Waals surface area contributed by atoms with Gasteiger partial charge in [0, 0.05) is 11.6 Å². The second-order valence-corrected chi connectivity index (χ2v) is 7.90. The maximum absolute atomic E-state index is 13.1. The Morgan fingerprint density at radius 2 is 1.81 bits per heavy atom. The zero-order valence-corrected chi connectivity index (χ0v) is 17.7. The molecule has 0 spiro atoms. The van der Waals surface area contributed by atoms with Crippen molar-refractivity contribution in [3.05, 3.63) is 98.5 Å². The van der Waals surface area contributed by atoms with Crippen LogP contribution in [0, 0.1) is 5.82 Å². The van der Waals surface area contributed by atoms with Crippen molar-refractivity contribution in [3.8, 4) is 17.1 Å². The minimum Gasteiger partial charge on any atom is -0.497 e. The molecule has 0 fully saturated rings. The lowest BCUT2D eigenvalue weighted by atomic mass is 10.2. The SMILES string of the molecule is COc1ccc(C=Cc2nc3sc(=Cc4ccc(-c5ccc(F)cc5)o4)c(=O)n3n2)cc1. The van der Waals surface area contributed by atoms with Crippen LogP contribution in [0.25, 0.3) is 34.5 Å². The van der Waals surface area contributed by atoms with Crippen molar-refractivity contribution in [3.63, 3.8) is 0 Å². The summed E-state index contributed by atoms with van der Waals surface area (Å²) >= 11 is 1.23. The number of nitrogens with zero attached hydrogens (tertiary/aromatic N) is 3. The van der Waals surface area contributed by atoms with E-state index in [9.17, 15) is 9.18 Å². The van der Waals surface area contributed by atoms with E-state index < -0.39 is 0 Å². The number of methoxy groups -OCH3 is 1. The van der Waals surface area contributed by atoms with Crippen LogP contribution in [0.1, 0.15) is 17.1 Å². The van der Waals surface area contributed by atoms with Gasteiger partial charge in [0.1, 0.15) is 27.6 Å². The van der Waals surface area contributed by atoms with Crippen LogP contribution in [0.4, 0.5) is 4.39 Å². The lowest BCUT2D eigenvalue weighted by molar-refractivity contribution is 0.415. The van der Waals surface area contributed by atoms with Crippen LogP contribution < -0.4 is 14.8 Å². The Labute approximate surface area is 185 Å². The van der Waals surface area contributed by atoms with Crippen LogP contribution in [0.2, 0.25) is 0 Å². The molecule has 5 rings (SSSR count). The minimum atomic E-state index is -0.310. The van der Waals surface area contributed by atoms with Crippen molar-refractivity contribution >= 4 is 34.5 Å². The minimum absolute atomic E-state index is 0.263. The maximum Gasteiger partial charge on any atom is 0.291 e. The monoisotopic (exact) mass is 445 g/mol. The van der Waals surface area contributed by atoms with Crippen molar-refractivity contribution in [1.29, 1.82) is 0 Å². The van der Waals surface area contributed by atoms with Crippen molar-refractivity contribution in [2.24, 2.45) is 0 Å². The molecule has 0 atom stereocenters. The summed E-state index contributed by atoms with van der Waals surface area (Å²) in [6.45, 7) is 0. The van der Waals surface area contributed by atoms with Gasteiger partial charge in [-0.15, -0.1) is 5.10 Å². The molecule has 0 unspecified atom stereocenters. The molecule has 0 aliphatic carbocycles. The molecule has 6 nitrogen and oxygen atoms in total. The topological polar surface area (TPSA) is 69.6 Å². The third-order valence-electron chi connectivity index (χ3n) is 4.77. The lowest BCUT2D eigenvalue weighted by Crippen LogP contribution is -2.23. The number of thiazole rings is 1. The number of benzene rings is 2. The Morgan fingerprint density at radius 1 is 1.03 bits per heavy atom. The first-order valence-electron chi connectivity index (χ1n) is 9.68. The number of fused-ring (bicyclic) bond motifs is 1. The van der Waals surface area contributed by atoms with Crippen molar-refractivity contribution in [1.82, 2.24) is 14.6 Å². The molecule has 32 heavy (non-hydrogen) atoms. The third kappa shape index (κ3) is 3.95. The van der Waals surface area contributed by atoms with Gasteiger partial charge >= 0.3 is 0 Å². The first-order valence-corrected chi connectivity index (χ1v) is 10.5.